The molecule has 3 atom stereocenters. The fraction of sp³-hybridized carbons (Fsp3) is 0.379. The number of hydrogen-bond acceptors (Lipinski definition) is 8. The first kappa shape index (κ1) is 25.1. The van der Waals surface area contributed by atoms with Crippen molar-refractivity contribution in [1.29, 1.82) is 5.26 Å². The van der Waals surface area contributed by atoms with Crippen LogP contribution in [0.15, 0.2) is 34.9 Å². The Labute approximate surface area is 231 Å². The maximum Gasteiger partial charge on any atom is 0.335 e. The van der Waals surface area contributed by atoms with Crippen molar-refractivity contribution in [2.75, 3.05) is 4.90 Å². The Morgan fingerprint density at radius 2 is 1.90 bits per heavy atom. The van der Waals surface area contributed by atoms with Crippen molar-refractivity contribution in [3.63, 3.8) is 0 Å². The van der Waals surface area contributed by atoms with Gasteiger partial charge in [0.2, 0.25) is 0 Å². The molecule has 2 aromatic carbocycles. The van der Waals surface area contributed by atoms with Gasteiger partial charge in [-0.3, -0.25) is 0 Å². The summed E-state index contributed by atoms with van der Waals surface area (Å²) in [5.74, 6) is -1.60. The molecule has 40 heavy (non-hydrogen) atoms. The van der Waals surface area contributed by atoms with Crippen molar-refractivity contribution in [2.45, 2.75) is 69.2 Å². The third-order valence-electron chi connectivity index (χ3n) is 8.19. The van der Waals surface area contributed by atoms with E-state index >= 15 is 0 Å². The van der Waals surface area contributed by atoms with Crippen LogP contribution in [-0.2, 0) is 11.3 Å². The first-order chi connectivity index (χ1) is 19.4. The molecule has 11 heteroatoms. The number of nitrogens with zero attached hydrogens (tertiary/aromatic N) is 4. The maximum absolute atomic E-state index is 14.6. The number of ether oxygens (including phenoxy) is 1. The van der Waals surface area contributed by atoms with E-state index in [1.165, 1.54) is 35.6 Å². The van der Waals surface area contributed by atoms with Crippen LogP contribution in [0.3, 0.4) is 0 Å². The summed E-state index contributed by atoms with van der Waals surface area (Å²) in [4.78, 5) is 18.6. The minimum absolute atomic E-state index is 0.0586. The highest BCUT2D eigenvalue weighted by Crippen LogP contribution is 2.46. The number of thiazole rings is 1. The van der Waals surface area contributed by atoms with E-state index in [1.54, 1.807) is 6.07 Å². The Balaban J connectivity index is 1.12. The molecular formula is C29H24F2N4O4S. The van der Waals surface area contributed by atoms with Crippen LogP contribution in [0.25, 0.3) is 21.5 Å². The lowest BCUT2D eigenvalue weighted by molar-refractivity contribution is 0.0147. The second-order valence-corrected chi connectivity index (χ2v) is 11.7. The first-order valence-corrected chi connectivity index (χ1v) is 14.1. The monoisotopic (exact) mass is 562 g/mol. The molecule has 8 nitrogen and oxygen atoms in total. The number of fused-ring (bicyclic) bond motifs is 3. The zero-order valence-corrected chi connectivity index (χ0v) is 22.1. The van der Waals surface area contributed by atoms with Gasteiger partial charge in [-0.25, -0.2) is 18.6 Å². The molecule has 1 unspecified atom stereocenters. The van der Waals surface area contributed by atoms with E-state index in [1.807, 2.05) is 0 Å². The van der Waals surface area contributed by atoms with Crippen LogP contribution in [0.1, 0.15) is 71.7 Å². The minimum Gasteiger partial charge on any atom is -0.478 e. The van der Waals surface area contributed by atoms with Gasteiger partial charge in [-0.1, -0.05) is 22.6 Å². The molecular weight excluding hydrogens is 538 g/mol. The van der Waals surface area contributed by atoms with E-state index in [0.29, 0.717) is 21.5 Å². The molecule has 0 spiro atoms. The van der Waals surface area contributed by atoms with Gasteiger partial charge in [0.15, 0.2) is 5.13 Å². The third kappa shape index (κ3) is 4.22. The van der Waals surface area contributed by atoms with Crippen LogP contribution in [-0.4, -0.2) is 39.4 Å². The molecule has 2 bridgehead atoms. The highest BCUT2D eigenvalue weighted by molar-refractivity contribution is 7.22. The molecule has 3 fully saturated rings. The third-order valence-corrected chi connectivity index (χ3v) is 9.21. The highest BCUT2D eigenvalue weighted by atomic mass is 32.1. The number of halogens is 2. The molecule has 0 amide bonds. The van der Waals surface area contributed by atoms with Gasteiger partial charge in [0.1, 0.15) is 34.7 Å². The summed E-state index contributed by atoms with van der Waals surface area (Å²) < 4.78 is 41.9. The Morgan fingerprint density at radius 1 is 1.18 bits per heavy atom. The van der Waals surface area contributed by atoms with Crippen LogP contribution in [0.2, 0.25) is 0 Å². The van der Waals surface area contributed by atoms with Gasteiger partial charge in [0.05, 0.1) is 34.1 Å². The Morgan fingerprint density at radius 3 is 2.55 bits per heavy atom. The molecule has 1 N–H and O–H groups in total. The number of benzene rings is 2. The summed E-state index contributed by atoms with van der Waals surface area (Å²) in [6.07, 6.45) is 5.30. The molecule has 204 valence electrons. The number of anilines is 1. The van der Waals surface area contributed by atoms with Crippen molar-refractivity contribution in [2.24, 2.45) is 0 Å². The zero-order valence-electron chi connectivity index (χ0n) is 21.3. The van der Waals surface area contributed by atoms with Gasteiger partial charge >= 0.3 is 5.97 Å². The molecule has 2 aromatic heterocycles. The van der Waals surface area contributed by atoms with Gasteiger partial charge in [0.25, 0.3) is 0 Å². The summed E-state index contributed by atoms with van der Waals surface area (Å²) in [6.45, 7) is 0.160. The predicted octanol–water partition coefficient (Wildman–Crippen LogP) is 6.39. The first-order valence-electron chi connectivity index (χ1n) is 13.3. The Hall–Kier alpha value is -3.88. The number of aromatic nitrogens is 2. The fourth-order valence-corrected chi connectivity index (χ4v) is 7.34. The van der Waals surface area contributed by atoms with Crippen LogP contribution < -0.4 is 4.90 Å². The minimum atomic E-state index is -1.08. The number of aromatic carboxylic acids is 1. The summed E-state index contributed by atoms with van der Waals surface area (Å²) in [6, 6.07) is 9.14. The second-order valence-electron chi connectivity index (χ2n) is 10.7. The van der Waals surface area contributed by atoms with E-state index in [9.17, 15) is 23.9 Å². The van der Waals surface area contributed by atoms with Crippen molar-refractivity contribution < 1.29 is 27.9 Å². The van der Waals surface area contributed by atoms with Gasteiger partial charge in [-0.15, -0.1) is 0 Å². The van der Waals surface area contributed by atoms with Crippen LogP contribution in [0, 0.1) is 23.0 Å². The topological polar surface area (TPSA) is 112 Å². The van der Waals surface area contributed by atoms with Crippen LogP contribution in [0.4, 0.5) is 13.9 Å². The number of carbonyl (C=O) groups is 1. The van der Waals surface area contributed by atoms with E-state index in [4.69, 9.17) is 14.2 Å². The van der Waals surface area contributed by atoms with Crippen molar-refractivity contribution in [3.8, 4) is 17.3 Å². The van der Waals surface area contributed by atoms with Crippen molar-refractivity contribution >= 4 is 32.7 Å². The number of piperidine rings is 1. The summed E-state index contributed by atoms with van der Waals surface area (Å²) >= 11 is 1.41. The lowest BCUT2D eigenvalue weighted by Crippen LogP contribution is -2.45. The molecule has 1 saturated carbocycles. The Bertz CT molecular complexity index is 1660. The zero-order chi connectivity index (χ0) is 27.5. The SMILES string of the molecule is N#Cc1cc(C(=O)O)cc2sc(N3[C@@H]4CC[C@H]3CC(OCc3c(-c5c(F)cccc5F)noc3C3CC3)C4)nc12. The number of hydrogen-bond donors (Lipinski definition) is 1. The number of rotatable bonds is 7. The largest absolute Gasteiger partial charge is 0.478 e. The second kappa shape index (κ2) is 9.64. The summed E-state index contributed by atoms with van der Waals surface area (Å²) in [7, 11) is 0. The summed E-state index contributed by atoms with van der Waals surface area (Å²) in [5, 5.41) is 23.8. The maximum atomic E-state index is 14.6. The quantitative estimate of drug-likeness (QED) is 0.276. The normalized spacial score (nSPS) is 22.1. The van der Waals surface area contributed by atoms with Crippen LogP contribution >= 0.6 is 11.3 Å². The smallest absolute Gasteiger partial charge is 0.335 e. The lowest BCUT2D eigenvalue weighted by atomic mass is 10.00. The van der Waals surface area contributed by atoms with Gasteiger partial charge in [-0.2, -0.15) is 5.26 Å². The van der Waals surface area contributed by atoms with Gasteiger partial charge in [-0.05, 0) is 62.8 Å². The lowest BCUT2D eigenvalue weighted by Gasteiger charge is -2.38. The van der Waals surface area contributed by atoms with E-state index in [0.717, 1.165) is 43.7 Å². The van der Waals surface area contributed by atoms with E-state index in [-0.39, 0.29) is 53.1 Å². The van der Waals surface area contributed by atoms with Crippen molar-refractivity contribution in [1.82, 2.24) is 10.1 Å². The molecule has 4 aromatic rings. The van der Waals surface area contributed by atoms with Gasteiger partial charge < -0.3 is 19.3 Å². The van der Waals surface area contributed by atoms with E-state index < -0.39 is 17.6 Å². The predicted molar refractivity (Wildman–Crippen MR) is 142 cm³/mol. The molecule has 2 aliphatic heterocycles. The average Bonchev–Trinajstić information content (AvgIpc) is 3.46. The van der Waals surface area contributed by atoms with Crippen molar-refractivity contribution in [3.05, 3.63) is 64.4 Å². The van der Waals surface area contributed by atoms with Crippen LogP contribution in [0.5, 0.6) is 0 Å². The number of carboxylic acids is 1. The molecule has 1 aliphatic carbocycles. The Kier molecular flexibility index (Phi) is 6.05. The average molecular weight is 563 g/mol. The molecule has 2 saturated heterocycles. The standard InChI is InChI=1S/C29H24F2N4O4S/c30-21-2-1-3-22(31)24(21)26-20(27(39-34-26)14-4-5-14)13-38-19-10-17-6-7-18(11-19)35(17)29-33-25-16(12-32)8-15(28(36)37)9-23(25)40-29/h1-3,8-9,14,17-19H,4-7,10-11,13H2,(H,36,37)/t17-,18+,19?. The highest BCUT2D eigenvalue weighted by Gasteiger charge is 2.43. The summed E-state index contributed by atoms with van der Waals surface area (Å²) in [5.41, 5.74) is 1.45. The molecule has 0 radical (unpaired) electrons. The molecule has 7 rings (SSSR count). The number of nitriles is 1. The number of carboxylic acid groups (broad SMARTS) is 1. The fourth-order valence-electron chi connectivity index (χ4n) is 6.16. The molecule has 3 aliphatic rings. The van der Waals surface area contributed by atoms with Gasteiger partial charge in [0, 0.05) is 23.6 Å². The molecule has 4 heterocycles. The van der Waals surface area contributed by atoms with E-state index in [2.05, 4.69) is 16.1 Å².